The van der Waals surface area contributed by atoms with E-state index >= 15 is 0 Å². The highest BCUT2D eigenvalue weighted by Crippen LogP contribution is 2.39. The molecule has 1 aromatic heterocycles. The average Bonchev–Trinajstić information content (AvgIpc) is 3.34. The Morgan fingerprint density at radius 2 is 1.63 bits per heavy atom. The molecule has 0 spiro atoms. The van der Waals surface area contributed by atoms with E-state index in [-0.39, 0.29) is 6.04 Å². The van der Waals surface area contributed by atoms with Crippen molar-refractivity contribution >= 4 is 40.4 Å². The first-order valence-electron chi connectivity index (χ1n) is 11.4. The molecule has 35 heavy (non-hydrogen) atoms. The summed E-state index contributed by atoms with van der Waals surface area (Å²) in [6, 6.07) is 24.7. The number of aryl methyl sites for hydroxylation is 2. The number of aromatic nitrogens is 2. The number of allylic oxidation sites excluding steroid dienone is 1. The van der Waals surface area contributed by atoms with Crippen molar-refractivity contribution in [3.8, 4) is 11.4 Å². The predicted octanol–water partition coefficient (Wildman–Crippen LogP) is 6.94. The normalized spacial score (nSPS) is 15.9. The van der Waals surface area contributed by atoms with Gasteiger partial charge in [-0.15, -0.1) is 11.8 Å². The fourth-order valence-corrected chi connectivity index (χ4v) is 5.06. The second-order valence-corrected chi connectivity index (χ2v) is 9.88. The molecule has 5 rings (SSSR count). The van der Waals surface area contributed by atoms with E-state index in [2.05, 4.69) is 80.0 Å². The van der Waals surface area contributed by atoms with Gasteiger partial charge in [-0.05, 0) is 63.0 Å². The highest BCUT2D eigenvalue weighted by atomic mass is 32.2. The SMILES string of the molecule is CSc1cccc(N2C(=S)NC(c3ccc(C)cc3)C(c3nc(-c4ccc(C)cc4)no3)=C2C)c1. The highest BCUT2D eigenvalue weighted by Gasteiger charge is 2.34. The van der Waals surface area contributed by atoms with Crippen LogP contribution in [0.25, 0.3) is 17.0 Å². The molecule has 1 unspecified atom stereocenters. The topological polar surface area (TPSA) is 54.2 Å². The second kappa shape index (κ2) is 9.68. The van der Waals surface area contributed by atoms with Gasteiger partial charge in [-0.2, -0.15) is 4.98 Å². The van der Waals surface area contributed by atoms with Crippen molar-refractivity contribution in [2.24, 2.45) is 0 Å². The van der Waals surface area contributed by atoms with E-state index in [4.69, 9.17) is 21.7 Å². The summed E-state index contributed by atoms with van der Waals surface area (Å²) in [5, 5.41) is 8.48. The van der Waals surface area contributed by atoms with Gasteiger partial charge in [0.1, 0.15) is 0 Å². The maximum Gasteiger partial charge on any atom is 0.258 e. The lowest BCUT2D eigenvalue weighted by atomic mass is 9.94. The standard InChI is InChI=1S/C28H26N4OS2/c1-17-8-12-20(13-9-17)25-24(27-30-26(31-33-27)21-14-10-18(2)11-15-21)19(3)32(28(34)29-25)22-6-5-7-23(16-22)35-4/h5-16,25H,1-4H3,(H,29,34). The maximum atomic E-state index is 5.87. The van der Waals surface area contributed by atoms with Gasteiger partial charge in [0.15, 0.2) is 5.11 Å². The van der Waals surface area contributed by atoms with E-state index in [9.17, 15) is 0 Å². The molecule has 0 aliphatic carbocycles. The Hall–Kier alpha value is -3.42. The van der Waals surface area contributed by atoms with Crippen LogP contribution in [0.5, 0.6) is 0 Å². The van der Waals surface area contributed by atoms with Crippen LogP contribution in [0.4, 0.5) is 5.69 Å². The van der Waals surface area contributed by atoms with Gasteiger partial charge in [0.2, 0.25) is 5.82 Å². The molecule has 1 N–H and O–H groups in total. The number of thioether (sulfide) groups is 1. The van der Waals surface area contributed by atoms with E-state index in [1.165, 1.54) is 16.0 Å². The van der Waals surface area contributed by atoms with Crippen LogP contribution in [0.3, 0.4) is 0 Å². The van der Waals surface area contributed by atoms with E-state index in [1.54, 1.807) is 11.8 Å². The number of thiocarbonyl (C=S) groups is 1. The Bertz CT molecular complexity index is 1410. The Morgan fingerprint density at radius 3 is 2.31 bits per heavy atom. The molecule has 3 aromatic carbocycles. The molecule has 0 amide bonds. The zero-order valence-corrected chi connectivity index (χ0v) is 21.7. The van der Waals surface area contributed by atoms with Gasteiger partial charge < -0.3 is 9.84 Å². The maximum absolute atomic E-state index is 5.87. The first-order chi connectivity index (χ1) is 16.9. The number of hydrogen-bond acceptors (Lipinski definition) is 5. The molecule has 176 valence electrons. The summed E-state index contributed by atoms with van der Waals surface area (Å²) in [5.41, 5.74) is 7.23. The molecule has 0 radical (unpaired) electrons. The van der Waals surface area contributed by atoms with Gasteiger partial charge in [0, 0.05) is 21.8 Å². The van der Waals surface area contributed by atoms with Gasteiger partial charge in [-0.3, -0.25) is 4.90 Å². The summed E-state index contributed by atoms with van der Waals surface area (Å²) in [7, 11) is 0. The largest absolute Gasteiger partial charge is 0.351 e. The minimum Gasteiger partial charge on any atom is -0.351 e. The number of benzene rings is 3. The lowest BCUT2D eigenvalue weighted by Crippen LogP contribution is -2.46. The van der Waals surface area contributed by atoms with Crippen LogP contribution in [-0.4, -0.2) is 21.5 Å². The van der Waals surface area contributed by atoms with Crippen LogP contribution < -0.4 is 10.2 Å². The molecule has 7 heteroatoms. The van der Waals surface area contributed by atoms with Gasteiger partial charge >= 0.3 is 0 Å². The van der Waals surface area contributed by atoms with Gasteiger partial charge in [0.25, 0.3) is 5.89 Å². The summed E-state index contributed by atoms with van der Waals surface area (Å²) in [6.45, 7) is 6.20. The number of nitrogens with zero attached hydrogens (tertiary/aromatic N) is 3. The first-order valence-corrected chi connectivity index (χ1v) is 13.0. The summed E-state index contributed by atoms with van der Waals surface area (Å²) in [4.78, 5) is 8.03. The monoisotopic (exact) mass is 498 g/mol. The Morgan fingerprint density at radius 1 is 0.943 bits per heavy atom. The Kier molecular flexibility index (Phi) is 6.45. The molecule has 0 fully saturated rings. The van der Waals surface area contributed by atoms with Gasteiger partial charge in [-0.1, -0.05) is 70.9 Å². The van der Waals surface area contributed by atoms with Gasteiger partial charge in [-0.25, -0.2) is 0 Å². The quantitative estimate of drug-likeness (QED) is 0.236. The van der Waals surface area contributed by atoms with E-state index < -0.39 is 0 Å². The molecule has 0 bridgehead atoms. The van der Waals surface area contributed by atoms with Crippen molar-refractivity contribution in [2.45, 2.75) is 31.7 Å². The van der Waals surface area contributed by atoms with E-state index in [0.29, 0.717) is 16.8 Å². The van der Waals surface area contributed by atoms with Crippen LogP contribution in [0.1, 0.15) is 35.5 Å². The average molecular weight is 499 g/mol. The Balaban J connectivity index is 1.65. The van der Waals surface area contributed by atoms with Crippen molar-refractivity contribution in [3.63, 3.8) is 0 Å². The van der Waals surface area contributed by atoms with Gasteiger partial charge in [0.05, 0.1) is 11.6 Å². The number of nitrogens with one attached hydrogen (secondary N) is 1. The molecule has 4 aromatic rings. The van der Waals surface area contributed by atoms with Crippen LogP contribution in [0.15, 0.2) is 87.9 Å². The van der Waals surface area contributed by atoms with E-state index in [0.717, 1.165) is 28.1 Å². The van der Waals surface area contributed by atoms with Crippen molar-refractivity contribution in [2.75, 3.05) is 11.2 Å². The van der Waals surface area contributed by atoms with Crippen molar-refractivity contribution in [1.82, 2.24) is 15.5 Å². The number of rotatable bonds is 5. The van der Waals surface area contributed by atoms with Crippen molar-refractivity contribution in [3.05, 3.63) is 101 Å². The zero-order chi connectivity index (χ0) is 24.5. The van der Waals surface area contributed by atoms with Crippen LogP contribution in [-0.2, 0) is 0 Å². The van der Waals surface area contributed by atoms with Crippen molar-refractivity contribution in [1.29, 1.82) is 0 Å². The first kappa shape index (κ1) is 23.3. The number of hydrogen-bond donors (Lipinski definition) is 1. The molecule has 1 aliphatic rings. The van der Waals surface area contributed by atoms with Crippen molar-refractivity contribution < 1.29 is 4.52 Å². The third kappa shape index (κ3) is 4.61. The third-order valence-corrected chi connectivity index (χ3v) is 7.20. The summed E-state index contributed by atoms with van der Waals surface area (Å²) < 4.78 is 5.87. The minimum absolute atomic E-state index is 0.214. The molecule has 0 saturated heterocycles. The molecular formula is C28H26N4OS2. The summed E-state index contributed by atoms with van der Waals surface area (Å²) in [5.74, 6) is 1.04. The fourth-order valence-electron chi connectivity index (χ4n) is 4.24. The lowest BCUT2D eigenvalue weighted by molar-refractivity contribution is 0.404. The zero-order valence-electron chi connectivity index (χ0n) is 20.1. The fraction of sp³-hybridized carbons (Fsp3) is 0.179. The lowest BCUT2D eigenvalue weighted by Gasteiger charge is -2.37. The molecule has 1 aliphatic heterocycles. The smallest absolute Gasteiger partial charge is 0.258 e. The molecule has 5 nitrogen and oxygen atoms in total. The Labute approximate surface area is 215 Å². The van der Waals surface area contributed by atoms with Crippen LogP contribution in [0.2, 0.25) is 0 Å². The number of anilines is 1. The van der Waals surface area contributed by atoms with Crippen LogP contribution >= 0.6 is 24.0 Å². The highest BCUT2D eigenvalue weighted by molar-refractivity contribution is 7.98. The third-order valence-electron chi connectivity index (χ3n) is 6.17. The summed E-state index contributed by atoms with van der Waals surface area (Å²) in [6.07, 6.45) is 2.07. The van der Waals surface area contributed by atoms with Crippen LogP contribution in [0, 0.1) is 13.8 Å². The molecule has 1 atom stereocenters. The molecular weight excluding hydrogens is 472 g/mol. The minimum atomic E-state index is -0.214. The molecule has 2 heterocycles. The second-order valence-electron chi connectivity index (χ2n) is 8.62. The van der Waals surface area contributed by atoms with E-state index in [1.807, 2.05) is 35.2 Å². The predicted molar refractivity (Wildman–Crippen MR) is 147 cm³/mol. The molecule has 0 saturated carbocycles. The summed E-state index contributed by atoms with van der Waals surface area (Å²) >= 11 is 7.57.